The smallest absolute Gasteiger partial charge is 0.430 e. The zero-order valence-corrected chi connectivity index (χ0v) is 19.9. The molecular formula is C20H38N2O4Si. The highest BCUT2D eigenvalue weighted by atomic mass is 28.3. The zero-order valence-electron chi connectivity index (χ0n) is 18.9. The highest BCUT2D eigenvalue weighted by Crippen LogP contribution is 2.16. The minimum atomic E-state index is -1.66. The van der Waals surface area contributed by atoms with E-state index in [0.717, 1.165) is 0 Å². The molecular weight excluding hydrogens is 360 g/mol. The van der Waals surface area contributed by atoms with Crippen molar-refractivity contribution in [2.24, 2.45) is 5.92 Å². The molecule has 0 bridgehead atoms. The second kappa shape index (κ2) is 9.49. The van der Waals surface area contributed by atoms with Gasteiger partial charge in [-0.2, -0.15) is 0 Å². The number of ether oxygens (including phenoxy) is 2. The summed E-state index contributed by atoms with van der Waals surface area (Å²) in [6.07, 6.45) is -0.757. The third-order valence-corrected chi connectivity index (χ3v) is 3.72. The van der Waals surface area contributed by atoms with Crippen LogP contribution in [-0.4, -0.2) is 42.5 Å². The van der Waals surface area contributed by atoms with Crippen molar-refractivity contribution in [2.75, 3.05) is 0 Å². The molecule has 0 unspecified atom stereocenters. The number of hydrogen-bond donors (Lipinski definition) is 1. The molecule has 0 radical (unpaired) electrons. The van der Waals surface area contributed by atoms with Crippen LogP contribution in [0.3, 0.4) is 0 Å². The van der Waals surface area contributed by atoms with Gasteiger partial charge in [0.1, 0.15) is 25.3 Å². The summed E-state index contributed by atoms with van der Waals surface area (Å²) in [6, 6.07) is -0.501. The largest absolute Gasteiger partial charge is 0.443 e. The lowest BCUT2D eigenvalue weighted by atomic mass is 10.0. The molecule has 0 aromatic carbocycles. The molecule has 0 saturated carbocycles. The van der Waals surface area contributed by atoms with Crippen LogP contribution in [0.5, 0.6) is 0 Å². The van der Waals surface area contributed by atoms with Crippen molar-refractivity contribution in [1.82, 2.24) is 10.4 Å². The molecule has 0 fully saturated rings. The van der Waals surface area contributed by atoms with Crippen LogP contribution in [0.2, 0.25) is 19.6 Å². The van der Waals surface area contributed by atoms with Gasteiger partial charge in [-0.05, 0) is 53.9 Å². The fourth-order valence-corrected chi connectivity index (χ4v) is 2.54. The van der Waals surface area contributed by atoms with Gasteiger partial charge in [-0.3, -0.25) is 0 Å². The van der Waals surface area contributed by atoms with Crippen molar-refractivity contribution in [3.63, 3.8) is 0 Å². The Balaban J connectivity index is 5.79. The van der Waals surface area contributed by atoms with Gasteiger partial charge in [0.2, 0.25) is 0 Å². The number of nitrogens with one attached hydrogen (secondary N) is 1. The second-order valence-electron chi connectivity index (χ2n) is 10.1. The molecule has 0 spiro atoms. The van der Waals surface area contributed by atoms with Crippen LogP contribution >= 0.6 is 0 Å². The van der Waals surface area contributed by atoms with Crippen LogP contribution in [0.1, 0.15) is 61.8 Å². The van der Waals surface area contributed by atoms with Crippen molar-refractivity contribution in [1.29, 1.82) is 0 Å². The Bertz CT molecular complexity index is 572. The Labute approximate surface area is 166 Å². The lowest BCUT2D eigenvalue weighted by Crippen LogP contribution is -2.54. The molecule has 1 N–H and O–H groups in total. The number of hydrogen-bond acceptors (Lipinski definition) is 4. The van der Waals surface area contributed by atoms with Crippen LogP contribution in [-0.2, 0) is 9.47 Å². The van der Waals surface area contributed by atoms with Crippen molar-refractivity contribution < 1.29 is 19.1 Å². The molecule has 156 valence electrons. The van der Waals surface area contributed by atoms with E-state index >= 15 is 0 Å². The Hall–Kier alpha value is -1.68. The van der Waals surface area contributed by atoms with Gasteiger partial charge in [0.25, 0.3) is 0 Å². The summed E-state index contributed by atoms with van der Waals surface area (Å²) < 4.78 is 10.8. The number of hydrazine groups is 1. The topological polar surface area (TPSA) is 67.9 Å². The summed E-state index contributed by atoms with van der Waals surface area (Å²) in [5.41, 5.74) is 4.47. The standard InChI is InChI=1S/C20H38N2O4Si/c1-15(2)14-16(12-13-27(9,10)11)22(18(24)26-20(6,7)8)21-17(23)25-19(3,4)5/h15-16H,14H2,1-11H3,(H,21,23)/t16-/m0/s1. The number of carbonyl (C=O) groups excluding carboxylic acids is 2. The first-order valence-corrected chi connectivity index (χ1v) is 12.9. The van der Waals surface area contributed by atoms with Crippen molar-refractivity contribution in [2.45, 2.75) is 98.7 Å². The van der Waals surface area contributed by atoms with Gasteiger partial charge in [-0.15, -0.1) is 5.54 Å². The van der Waals surface area contributed by atoms with E-state index in [1.807, 2.05) is 13.8 Å². The quantitative estimate of drug-likeness (QED) is 0.414. The molecule has 0 aromatic rings. The predicted molar refractivity (Wildman–Crippen MR) is 112 cm³/mol. The van der Waals surface area contributed by atoms with Crippen LogP contribution < -0.4 is 5.43 Å². The van der Waals surface area contributed by atoms with Gasteiger partial charge < -0.3 is 9.47 Å². The molecule has 0 aliphatic rings. The maximum atomic E-state index is 12.8. The van der Waals surface area contributed by atoms with Crippen LogP contribution in [0.4, 0.5) is 9.59 Å². The third-order valence-electron chi connectivity index (χ3n) is 2.82. The maximum Gasteiger partial charge on any atom is 0.430 e. The summed E-state index contributed by atoms with van der Waals surface area (Å²) in [4.78, 5) is 25.1. The average Bonchev–Trinajstić information content (AvgIpc) is 2.35. The molecule has 0 aromatic heterocycles. The van der Waals surface area contributed by atoms with Gasteiger partial charge in [-0.25, -0.2) is 20.0 Å². The molecule has 0 rings (SSSR count). The van der Waals surface area contributed by atoms with Crippen molar-refractivity contribution in [3.8, 4) is 11.5 Å². The predicted octanol–water partition coefficient (Wildman–Crippen LogP) is 4.96. The monoisotopic (exact) mass is 398 g/mol. The second-order valence-corrected chi connectivity index (χ2v) is 14.9. The highest BCUT2D eigenvalue weighted by molar-refractivity contribution is 6.83. The van der Waals surface area contributed by atoms with Crippen molar-refractivity contribution >= 4 is 20.3 Å². The number of nitrogens with zero attached hydrogens (tertiary/aromatic N) is 1. The van der Waals surface area contributed by atoms with Gasteiger partial charge in [-0.1, -0.05) is 39.4 Å². The fraction of sp³-hybridized carbons (Fsp3) is 0.800. The van der Waals surface area contributed by atoms with E-state index in [1.165, 1.54) is 5.01 Å². The summed E-state index contributed by atoms with van der Waals surface area (Å²) in [5.74, 6) is 3.47. The van der Waals surface area contributed by atoms with E-state index in [0.29, 0.717) is 6.42 Å². The fourth-order valence-electron chi connectivity index (χ4n) is 1.94. The van der Waals surface area contributed by atoms with Gasteiger partial charge in [0, 0.05) is 0 Å². The van der Waals surface area contributed by atoms with E-state index in [4.69, 9.17) is 9.47 Å². The minimum absolute atomic E-state index is 0.274. The molecule has 6 nitrogen and oxygen atoms in total. The minimum Gasteiger partial charge on any atom is -0.443 e. The first-order chi connectivity index (χ1) is 11.9. The van der Waals surface area contributed by atoms with Crippen molar-refractivity contribution in [3.05, 3.63) is 0 Å². The molecule has 0 heterocycles. The van der Waals surface area contributed by atoms with E-state index in [2.05, 4.69) is 36.5 Å². The Morgan fingerprint density at radius 1 is 1.00 bits per heavy atom. The molecule has 2 amide bonds. The van der Waals surface area contributed by atoms with E-state index in [9.17, 15) is 9.59 Å². The Morgan fingerprint density at radius 2 is 1.48 bits per heavy atom. The summed E-state index contributed by atoms with van der Waals surface area (Å²) in [5, 5.41) is 1.17. The molecule has 7 heteroatoms. The average molecular weight is 399 g/mol. The molecule has 0 aliphatic heterocycles. The zero-order chi connectivity index (χ0) is 21.6. The maximum absolute atomic E-state index is 12.8. The summed E-state index contributed by atoms with van der Waals surface area (Å²) in [7, 11) is -1.66. The van der Waals surface area contributed by atoms with E-state index in [-0.39, 0.29) is 5.92 Å². The molecule has 0 aliphatic carbocycles. The SMILES string of the molecule is CC(C)C[C@H](C#C[Si](C)(C)C)N(NC(=O)OC(C)(C)C)C(=O)OC(C)(C)C. The van der Waals surface area contributed by atoms with Gasteiger partial charge in [0.15, 0.2) is 0 Å². The van der Waals surface area contributed by atoms with E-state index in [1.54, 1.807) is 41.5 Å². The molecule has 27 heavy (non-hydrogen) atoms. The number of rotatable bonds is 3. The Kier molecular flexibility index (Phi) is 8.90. The van der Waals surface area contributed by atoms with Crippen LogP contribution in [0, 0.1) is 17.4 Å². The van der Waals surface area contributed by atoms with E-state index < -0.39 is 37.5 Å². The number of carbonyl (C=O) groups is 2. The molecule has 1 atom stereocenters. The molecule has 0 saturated heterocycles. The third kappa shape index (κ3) is 13.2. The summed E-state index contributed by atoms with van der Waals surface area (Å²) in [6.45, 7) is 21.1. The lowest BCUT2D eigenvalue weighted by molar-refractivity contribution is -0.00569. The number of amides is 2. The highest BCUT2D eigenvalue weighted by Gasteiger charge is 2.31. The lowest BCUT2D eigenvalue weighted by Gasteiger charge is -2.32. The first-order valence-electron chi connectivity index (χ1n) is 9.44. The van der Waals surface area contributed by atoms with Gasteiger partial charge >= 0.3 is 12.2 Å². The normalized spacial score (nSPS) is 13.3. The van der Waals surface area contributed by atoms with Crippen LogP contribution in [0.25, 0.3) is 0 Å². The summed E-state index contributed by atoms with van der Waals surface area (Å²) >= 11 is 0. The van der Waals surface area contributed by atoms with Crippen LogP contribution in [0.15, 0.2) is 0 Å². The van der Waals surface area contributed by atoms with Gasteiger partial charge in [0.05, 0.1) is 0 Å². The Morgan fingerprint density at radius 3 is 1.85 bits per heavy atom. The first kappa shape index (κ1) is 25.3.